The minimum absolute atomic E-state index is 0.0265. The minimum atomic E-state index is -0.705. The third kappa shape index (κ3) is 4.90. The third-order valence-electron chi connectivity index (χ3n) is 5.08. The lowest BCUT2D eigenvalue weighted by molar-refractivity contribution is -0.135. The van der Waals surface area contributed by atoms with Gasteiger partial charge < -0.3 is 15.1 Å². The Bertz CT molecular complexity index is 870. The van der Waals surface area contributed by atoms with E-state index in [4.69, 9.17) is 0 Å². The smallest absolute Gasteiger partial charge is 0.321 e. The van der Waals surface area contributed by atoms with Crippen LogP contribution in [0.15, 0.2) is 30.6 Å². The molecule has 1 aromatic heterocycles. The molecule has 1 saturated heterocycles. The van der Waals surface area contributed by atoms with Gasteiger partial charge in [-0.25, -0.2) is 18.3 Å². The van der Waals surface area contributed by atoms with Crippen molar-refractivity contribution < 1.29 is 18.4 Å². The molecule has 0 atom stereocenters. The van der Waals surface area contributed by atoms with E-state index in [2.05, 4.69) is 10.4 Å². The molecule has 156 valence electrons. The van der Waals surface area contributed by atoms with E-state index in [-0.39, 0.29) is 29.6 Å². The van der Waals surface area contributed by atoms with Crippen molar-refractivity contribution in [3.8, 4) is 5.69 Å². The van der Waals surface area contributed by atoms with Gasteiger partial charge in [-0.15, -0.1) is 0 Å². The number of hydrogen-bond donors (Lipinski definition) is 1. The summed E-state index contributed by atoms with van der Waals surface area (Å²) < 4.78 is 28.1. The average molecular weight is 405 g/mol. The number of rotatable bonds is 4. The molecule has 2 aromatic rings. The van der Waals surface area contributed by atoms with Crippen molar-refractivity contribution in [1.82, 2.24) is 19.6 Å². The minimum Gasteiger partial charge on any atom is -0.342 e. The lowest BCUT2D eigenvalue weighted by Gasteiger charge is -2.37. The van der Waals surface area contributed by atoms with Gasteiger partial charge in [0.1, 0.15) is 11.6 Å². The molecule has 1 fully saturated rings. The Labute approximate surface area is 168 Å². The van der Waals surface area contributed by atoms with E-state index in [9.17, 15) is 18.4 Å². The molecular weight excluding hydrogens is 380 g/mol. The monoisotopic (exact) mass is 405 g/mol. The van der Waals surface area contributed by atoms with Crippen LogP contribution in [0.25, 0.3) is 5.69 Å². The van der Waals surface area contributed by atoms with Gasteiger partial charge in [-0.3, -0.25) is 4.79 Å². The highest BCUT2D eigenvalue weighted by atomic mass is 19.1. The maximum absolute atomic E-state index is 13.4. The molecule has 0 spiro atoms. The molecule has 0 aliphatic carbocycles. The van der Waals surface area contributed by atoms with Crippen molar-refractivity contribution in [3.63, 3.8) is 0 Å². The topological polar surface area (TPSA) is 70.5 Å². The fourth-order valence-electron chi connectivity index (χ4n) is 3.42. The van der Waals surface area contributed by atoms with Gasteiger partial charge in [0, 0.05) is 38.2 Å². The largest absolute Gasteiger partial charge is 0.342 e. The molecule has 9 heteroatoms. The molecule has 1 aliphatic heterocycles. The van der Waals surface area contributed by atoms with Crippen molar-refractivity contribution in [2.75, 3.05) is 25.5 Å². The number of hydrogen-bond acceptors (Lipinski definition) is 3. The SMILES string of the molecule is CC(C)C(=O)N1CCC(N(C)C(=O)Nc2cnn(-c3cc(F)cc(F)c3)c2)CC1. The summed E-state index contributed by atoms with van der Waals surface area (Å²) in [7, 11) is 1.71. The number of carbonyl (C=O) groups is 2. The molecular formula is C20H25F2N5O2. The maximum Gasteiger partial charge on any atom is 0.321 e. The van der Waals surface area contributed by atoms with E-state index in [1.165, 1.54) is 17.1 Å². The van der Waals surface area contributed by atoms with Crippen molar-refractivity contribution in [2.45, 2.75) is 32.7 Å². The van der Waals surface area contributed by atoms with Crippen molar-refractivity contribution in [1.29, 1.82) is 0 Å². The summed E-state index contributed by atoms with van der Waals surface area (Å²) in [6.45, 7) is 5.02. The lowest BCUT2D eigenvalue weighted by atomic mass is 10.0. The van der Waals surface area contributed by atoms with Crippen molar-refractivity contribution >= 4 is 17.6 Å². The maximum atomic E-state index is 13.4. The van der Waals surface area contributed by atoms with Gasteiger partial charge >= 0.3 is 6.03 Å². The van der Waals surface area contributed by atoms with Gasteiger partial charge in [0.15, 0.2) is 0 Å². The molecule has 7 nitrogen and oxygen atoms in total. The first-order valence-corrected chi connectivity index (χ1v) is 9.58. The van der Waals surface area contributed by atoms with Crippen LogP contribution < -0.4 is 5.32 Å². The zero-order valence-electron chi connectivity index (χ0n) is 16.7. The van der Waals surface area contributed by atoms with E-state index in [0.29, 0.717) is 31.6 Å². The van der Waals surface area contributed by atoms with Crippen LogP contribution in [0, 0.1) is 17.6 Å². The number of likely N-dealkylation sites (tertiary alicyclic amines) is 1. The predicted molar refractivity (Wildman–Crippen MR) is 105 cm³/mol. The number of benzene rings is 1. The van der Waals surface area contributed by atoms with Crippen LogP contribution in [-0.2, 0) is 4.79 Å². The third-order valence-corrected chi connectivity index (χ3v) is 5.08. The summed E-state index contributed by atoms with van der Waals surface area (Å²) >= 11 is 0. The van der Waals surface area contributed by atoms with Gasteiger partial charge in [0.05, 0.1) is 23.8 Å². The number of piperidine rings is 1. The first-order chi connectivity index (χ1) is 13.7. The lowest BCUT2D eigenvalue weighted by Crippen LogP contribution is -2.49. The van der Waals surface area contributed by atoms with E-state index in [0.717, 1.165) is 18.2 Å². The molecule has 1 N–H and O–H groups in total. The molecule has 29 heavy (non-hydrogen) atoms. The number of anilines is 1. The summed E-state index contributed by atoms with van der Waals surface area (Å²) in [5.74, 6) is -1.31. The molecule has 2 heterocycles. The summed E-state index contributed by atoms with van der Waals surface area (Å²) in [5, 5.41) is 6.79. The second-order valence-corrected chi connectivity index (χ2v) is 7.55. The highest BCUT2D eigenvalue weighted by Gasteiger charge is 2.28. The molecule has 0 radical (unpaired) electrons. The number of nitrogens with zero attached hydrogens (tertiary/aromatic N) is 4. The van der Waals surface area contributed by atoms with Crippen LogP contribution in [-0.4, -0.2) is 57.7 Å². The molecule has 1 aromatic carbocycles. The first kappa shape index (κ1) is 20.8. The summed E-state index contributed by atoms with van der Waals surface area (Å²) in [4.78, 5) is 28.1. The van der Waals surface area contributed by atoms with Crippen molar-refractivity contribution in [3.05, 3.63) is 42.2 Å². The van der Waals surface area contributed by atoms with Crippen LogP contribution in [0.4, 0.5) is 19.3 Å². The quantitative estimate of drug-likeness (QED) is 0.849. The van der Waals surface area contributed by atoms with Crippen LogP contribution in [0.5, 0.6) is 0 Å². The number of carbonyl (C=O) groups excluding carboxylic acids is 2. The van der Waals surface area contributed by atoms with E-state index < -0.39 is 11.6 Å². The zero-order chi connectivity index (χ0) is 21.1. The molecule has 3 amide bonds. The molecule has 1 aliphatic rings. The highest BCUT2D eigenvalue weighted by Crippen LogP contribution is 2.19. The van der Waals surface area contributed by atoms with Gasteiger partial charge in [-0.1, -0.05) is 13.8 Å². The number of halogens is 2. The Hall–Kier alpha value is -2.97. The van der Waals surface area contributed by atoms with Crippen LogP contribution in [0.3, 0.4) is 0 Å². The summed E-state index contributed by atoms with van der Waals surface area (Å²) in [6.07, 6.45) is 4.33. The predicted octanol–water partition coefficient (Wildman–Crippen LogP) is 3.26. The Kier molecular flexibility index (Phi) is 6.14. The molecule has 3 rings (SSSR count). The Morgan fingerprint density at radius 2 is 1.79 bits per heavy atom. The molecule has 0 bridgehead atoms. The second kappa shape index (κ2) is 8.59. The number of nitrogens with one attached hydrogen (secondary N) is 1. The molecule has 0 unspecified atom stereocenters. The number of amides is 3. The fraction of sp³-hybridized carbons (Fsp3) is 0.450. The molecule has 0 saturated carbocycles. The number of urea groups is 1. The highest BCUT2D eigenvalue weighted by molar-refractivity contribution is 5.89. The van der Waals surface area contributed by atoms with E-state index >= 15 is 0 Å². The van der Waals surface area contributed by atoms with Gasteiger partial charge in [-0.2, -0.15) is 5.10 Å². The van der Waals surface area contributed by atoms with Gasteiger partial charge in [0.2, 0.25) is 5.91 Å². The van der Waals surface area contributed by atoms with E-state index in [1.54, 1.807) is 11.9 Å². The van der Waals surface area contributed by atoms with E-state index in [1.807, 2.05) is 18.7 Å². The van der Waals surface area contributed by atoms with Crippen LogP contribution >= 0.6 is 0 Å². The Balaban J connectivity index is 1.58. The zero-order valence-corrected chi connectivity index (χ0v) is 16.7. The number of aromatic nitrogens is 2. The Morgan fingerprint density at radius 3 is 2.38 bits per heavy atom. The Morgan fingerprint density at radius 1 is 1.17 bits per heavy atom. The van der Waals surface area contributed by atoms with Gasteiger partial charge in [0.25, 0.3) is 0 Å². The van der Waals surface area contributed by atoms with Crippen molar-refractivity contribution in [2.24, 2.45) is 5.92 Å². The normalized spacial score (nSPS) is 14.9. The average Bonchev–Trinajstić information content (AvgIpc) is 3.14. The second-order valence-electron chi connectivity index (χ2n) is 7.55. The summed E-state index contributed by atoms with van der Waals surface area (Å²) in [5.41, 5.74) is 0.637. The van der Waals surface area contributed by atoms with Crippen LogP contribution in [0.2, 0.25) is 0 Å². The van der Waals surface area contributed by atoms with Crippen LogP contribution in [0.1, 0.15) is 26.7 Å². The standard InChI is InChI=1S/C20H25F2N5O2/c1-13(2)19(28)26-6-4-17(5-7-26)25(3)20(29)24-16-11-23-27(12-16)18-9-14(21)8-15(22)10-18/h8-13,17H,4-7H2,1-3H3,(H,24,29). The fourth-order valence-corrected chi connectivity index (χ4v) is 3.42. The van der Waals surface area contributed by atoms with Gasteiger partial charge in [-0.05, 0) is 25.0 Å². The first-order valence-electron chi connectivity index (χ1n) is 9.58. The summed E-state index contributed by atoms with van der Waals surface area (Å²) in [6, 6.07) is 2.81.